The van der Waals surface area contributed by atoms with Gasteiger partial charge in [-0.1, -0.05) is 39.0 Å². The largest absolute Gasteiger partial charge is 0.338 e. The monoisotopic (exact) mass is 280 g/mol. The van der Waals surface area contributed by atoms with Gasteiger partial charge in [-0.2, -0.15) is 0 Å². The number of likely N-dealkylation sites (tertiary alicyclic amines) is 1. The zero-order chi connectivity index (χ0) is 14.4. The average molecular weight is 280 g/mol. The highest BCUT2D eigenvalue weighted by Crippen LogP contribution is 2.29. The van der Waals surface area contributed by atoms with Crippen LogP contribution in [0.3, 0.4) is 0 Å². The van der Waals surface area contributed by atoms with E-state index in [4.69, 9.17) is 5.73 Å². The second-order valence-corrected chi connectivity index (χ2v) is 6.84. The number of rotatable bonds is 4. The van der Waals surface area contributed by atoms with Crippen molar-refractivity contribution in [3.63, 3.8) is 0 Å². The molecule has 2 rings (SSSR count). The summed E-state index contributed by atoms with van der Waals surface area (Å²) < 4.78 is 0. The molecular weight excluding hydrogens is 248 g/mol. The summed E-state index contributed by atoms with van der Waals surface area (Å²) >= 11 is 0. The van der Waals surface area contributed by atoms with E-state index in [1.54, 1.807) is 0 Å². The third-order valence-electron chi connectivity index (χ3n) is 5.43. The highest BCUT2D eigenvalue weighted by atomic mass is 16.2. The minimum absolute atomic E-state index is 0.298. The number of carbonyl (C=O) groups excluding carboxylic acids is 1. The Kier molecular flexibility index (Phi) is 6.34. The number of nitrogens with zero attached hydrogens (tertiary/aromatic N) is 1. The third-order valence-corrected chi connectivity index (χ3v) is 5.43. The summed E-state index contributed by atoms with van der Waals surface area (Å²) in [6.45, 7) is 3.82. The summed E-state index contributed by atoms with van der Waals surface area (Å²) in [7, 11) is 0. The Hall–Kier alpha value is -0.570. The summed E-state index contributed by atoms with van der Waals surface area (Å²) in [4.78, 5) is 14.7. The first kappa shape index (κ1) is 15.8. The summed E-state index contributed by atoms with van der Waals surface area (Å²) in [5, 5.41) is 0. The maximum Gasteiger partial charge on any atom is 0.223 e. The Morgan fingerprint density at radius 2 is 1.80 bits per heavy atom. The molecule has 0 bridgehead atoms. The molecule has 0 aromatic carbocycles. The van der Waals surface area contributed by atoms with Gasteiger partial charge in [-0.05, 0) is 37.5 Å². The molecule has 1 saturated heterocycles. The van der Waals surface area contributed by atoms with Crippen molar-refractivity contribution in [3.05, 3.63) is 0 Å². The first-order chi connectivity index (χ1) is 9.74. The predicted molar refractivity (Wildman–Crippen MR) is 83.4 cm³/mol. The van der Waals surface area contributed by atoms with Crippen molar-refractivity contribution in [2.24, 2.45) is 17.6 Å². The molecule has 1 aliphatic carbocycles. The normalized spacial score (nSPS) is 29.2. The number of piperidine rings is 1. The van der Waals surface area contributed by atoms with E-state index < -0.39 is 0 Å². The lowest BCUT2D eigenvalue weighted by Crippen LogP contribution is -2.49. The van der Waals surface area contributed by atoms with Crippen molar-refractivity contribution in [2.75, 3.05) is 13.1 Å². The van der Waals surface area contributed by atoms with E-state index in [1.165, 1.54) is 51.4 Å². The van der Waals surface area contributed by atoms with Gasteiger partial charge in [0.1, 0.15) is 0 Å². The van der Waals surface area contributed by atoms with Crippen LogP contribution < -0.4 is 5.73 Å². The van der Waals surface area contributed by atoms with Gasteiger partial charge < -0.3 is 10.6 Å². The fourth-order valence-corrected chi connectivity index (χ4v) is 3.99. The van der Waals surface area contributed by atoms with Crippen LogP contribution in [0.4, 0.5) is 0 Å². The summed E-state index contributed by atoms with van der Waals surface area (Å²) in [6, 6.07) is 0.298. The Balaban J connectivity index is 1.87. The second kappa shape index (κ2) is 8.02. The number of nitrogens with two attached hydrogens (primary N) is 1. The fraction of sp³-hybridized carbons (Fsp3) is 0.941. The summed E-state index contributed by atoms with van der Waals surface area (Å²) in [5.41, 5.74) is 5.91. The van der Waals surface area contributed by atoms with Crippen molar-refractivity contribution in [1.82, 2.24) is 4.90 Å². The minimum atomic E-state index is 0.298. The molecule has 0 spiro atoms. The van der Waals surface area contributed by atoms with Gasteiger partial charge in [0, 0.05) is 25.6 Å². The maximum absolute atomic E-state index is 12.6. The van der Waals surface area contributed by atoms with Crippen molar-refractivity contribution in [1.29, 1.82) is 0 Å². The summed E-state index contributed by atoms with van der Waals surface area (Å²) in [5.74, 6) is 1.78. The Morgan fingerprint density at radius 1 is 1.10 bits per heavy atom. The number of hydrogen-bond donors (Lipinski definition) is 1. The fourth-order valence-electron chi connectivity index (χ4n) is 3.99. The molecule has 0 aromatic heterocycles. The lowest BCUT2D eigenvalue weighted by molar-refractivity contribution is -0.136. The minimum Gasteiger partial charge on any atom is -0.338 e. The Labute approximate surface area is 124 Å². The molecule has 2 unspecified atom stereocenters. The molecule has 20 heavy (non-hydrogen) atoms. The predicted octanol–water partition coefficient (Wildman–Crippen LogP) is 3.32. The van der Waals surface area contributed by atoms with Crippen LogP contribution in [0.15, 0.2) is 0 Å². The zero-order valence-corrected chi connectivity index (χ0v) is 13.2. The molecular formula is C17H32N2O. The smallest absolute Gasteiger partial charge is 0.223 e. The summed E-state index contributed by atoms with van der Waals surface area (Å²) in [6.07, 6.45) is 12.1. The molecule has 1 amide bonds. The van der Waals surface area contributed by atoms with E-state index in [1.807, 2.05) is 0 Å². The maximum atomic E-state index is 12.6. The Bertz CT molecular complexity index is 297. The van der Waals surface area contributed by atoms with Gasteiger partial charge in [0.05, 0.1) is 0 Å². The van der Waals surface area contributed by atoms with E-state index in [0.717, 1.165) is 25.3 Å². The highest BCUT2D eigenvalue weighted by Gasteiger charge is 2.30. The standard InChI is InChI=1S/C17H32N2O/c1-2-14-9-10-19(16(11-14)13-18)17(20)12-15-7-5-3-4-6-8-15/h14-16H,2-13,18H2,1H3. The molecule has 1 aliphatic heterocycles. The molecule has 3 heteroatoms. The SMILES string of the molecule is CCC1CCN(C(=O)CC2CCCCCC2)C(CN)C1. The lowest BCUT2D eigenvalue weighted by atomic mass is 9.88. The molecule has 2 fully saturated rings. The quantitative estimate of drug-likeness (QED) is 0.803. The van der Waals surface area contributed by atoms with Crippen molar-refractivity contribution in [3.8, 4) is 0 Å². The van der Waals surface area contributed by atoms with Crippen molar-refractivity contribution < 1.29 is 4.79 Å². The molecule has 2 atom stereocenters. The molecule has 116 valence electrons. The highest BCUT2D eigenvalue weighted by molar-refractivity contribution is 5.77. The number of hydrogen-bond acceptors (Lipinski definition) is 2. The topological polar surface area (TPSA) is 46.3 Å². The first-order valence-corrected chi connectivity index (χ1v) is 8.74. The van der Waals surface area contributed by atoms with Crippen LogP contribution >= 0.6 is 0 Å². The van der Waals surface area contributed by atoms with Gasteiger partial charge >= 0.3 is 0 Å². The van der Waals surface area contributed by atoms with E-state index in [9.17, 15) is 4.79 Å². The number of amides is 1. The molecule has 2 N–H and O–H groups in total. The van der Waals surface area contributed by atoms with Gasteiger partial charge in [0.2, 0.25) is 5.91 Å². The van der Waals surface area contributed by atoms with E-state index in [2.05, 4.69) is 11.8 Å². The van der Waals surface area contributed by atoms with Crippen LogP contribution in [0.25, 0.3) is 0 Å². The van der Waals surface area contributed by atoms with Gasteiger partial charge in [-0.3, -0.25) is 4.79 Å². The van der Waals surface area contributed by atoms with Crippen LogP contribution in [0.5, 0.6) is 0 Å². The van der Waals surface area contributed by atoms with Gasteiger partial charge in [0.15, 0.2) is 0 Å². The van der Waals surface area contributed by atoms with Gasteiger partial charge in [0.25, 0.3) is 0 Å². The molecule has 1 heterocycles. The van der Waals surface area contributed by atoms with E-state index >= 15 is 0 Å². The van der Waals surface area contributed by atoms with Gasteiger partial charge in [-0.15, -0.1) is 0 Å². The van der Waals surface area contributed by atoms with Gasteiger partial charge in [-0.25, -0.2) is 0 Å². The van der Waals surface area contributed by atoms with Crippen molar-refractivity contribution >= 4 is 5.91 Å². The Morgan fingerprint density at radius 3 is 2.40 bits per heavy atom. The van der Waals surface area contributed by atoms with Crippen LogP contribution in [-0.4, -0.2) is 29.9 Å². The van der Waals surface area contributed by atoms with E-state index in [-0.39, 0.29) is 0 Å². The van der Waals surface area contributed by atoms with Crippen molar-refractivity contribution in [2.45, 2.75) is 77.2 Å². The molecule has 1 saturated carbocycles. The third kappa shape index (κ3) is 4.21. The zero-order valence-electron chi connectivity index (χ0n) is 13.2. The first-order valence-electron chi connectivity index (χ1n) is 8.74. The average Bonchev–Trinajstić information content (AvgIpc) is 2.75. The van der Waals surface area contributed by atoms with Crippen LogP contribution in [-0.2, 0) is 4.79 Å². The van der Waals surface area contributed by atoms with E-state index in [0.29, 0.717) is 24.4 Å². The number of carbonyl (C=O) groups is 1. The molecule has 0 radical (unpaired) electrons. The van der Waals surface area contributed by atoms with Crippen LogP contribution in [0.2, 0.25) is 0 Å². The molecule has 3 nitrogen and oxygen atoms in total. The molecule has 0 aromatic rings. The van der Waals surface area contributed by atoms with Crippen LogP contribution in [0, 0.1) is 11.8 Å². The second-order valence-electron chi connectivity index (χ2n) is 6.84. The van der Waals surface area contributed by atoms with Crippen LogP contribution in [0.1, 0.15) is 71.1 Å². The molecule has 2 aliphatic rings. The lowest BCUT2D eigenvalue weighted by Gasteiger charge is -2.39.